The van der Waals surface area contributed by atoms with Gasteiger partial charge in [-0.15, -0.1) is 0 Å². The summed E-state index contributed by atoms with van der Waals surface area (Å²) in [6, 6.07) is 131. The molecule has 22 aromatic rings. The molecule has 0 amide bonds. The molecule has 0 aromatic heterocycles. The van der Waals surface area contributed by atoms with Crippen molar-refractivity contribution in [1.29, 1.82) is 0 Å². The fraction of sp³-hybridized carbons (Fsp3) is 0.0702. The van der Waals surface area contributed by atoms with Gasteiger partial charge in [0, 0.05) is 0 Å². The highest BCUT2D eigenvalue weighted by molar-refractivity contribution is 6.40. The number of benzene rings is 22. The van der Waals surface area contributed by atoms with Crippen molar-refractivity contribution in [1.82, 2.24) is 0 Å². The van der Waals surface area contributed by atoms with Gasteiger partial charge in [0.05, 0.1) is 0 Å². The average molecular weight is 1440 g/mol. The lowest BCUT2D eigenvalue weighted by molar-refractivity contribution is 0.590. The van der Waals surface area contributed by atoms with Crippen molar-refractivity contribution < 1.29 is 0 Å². The van der Waals surface area contributed by atoms with Crippen LogP contribution in [0.4, 0.5) is 0 Å². The van der Waals surface area contributed by atoms with Gasteiger partial charge in [0.15, 0.2) is 0 Å². The van der Waals surface area contributed by atoms with Crippen molar-refractivity contribution in [3.05, 3.63) is 393 Å². The van der Waals surface area contributed by atoms with Crippen LogP contribution in [0.5, 0.6) is 0 Å². The first-order valence-electron chi connectivity index (χ1n) is 40.5. The summed E-state index contributed by atoms with van der Waals surface area (Å²) >= 11 is 0. The molecule has 0 heteroatoms. The van der Waals surface area contributed by atoms with Crippen LogP contribution in [0.2, 0.25) is 0 Å². The van der Waals surface area contributed by atoms with Crippen LogP contribution < -0.4 is 0 Å². The minimum atomic E-state index is -0.0406. The maximum absolute atomic E-state index is 2.52. The summed E-state index contributed by atoms with van der Waals surface area (Å²) in [4.78, 5) is 0. The second kappa shape index (κ2) is 23.0. The van der Waals surface area contributed by atoms with Gasteiger partial charge in [0.25, 0.3) is 0 Å². The molecule has 114 heavy (non-hydrogen) atoms. The molecule has 25 rings (SSSR count). The van der Waals surface area contributed by atoms with Gasteiger partial charge >= 0.3 is 0 Å². The van der Waals surface area contributed by atoms with Gasteiger partial charge in [-0.3, -0.25) is 0 Å². The van der Waals surface area contributed by atoms with E-state index in [4.69, 9.17) is 0 Å². The SMILES string of the molecule is CC(C)(C)c1ccc(-c2c3c(c(-c4ccc(-c5ccc6c(-c7ccccc7)c7c(c(-c8ccccc8)c6c5)=c5ccc6c8ccc9c%10c(ccc(c%11ccc=7c5c6%11)c%108)=c5c(-c6ccccc6)c6cc(C(C)(C)C)ccc6c(-c6ccccc6)c5=9)cc4)c4ccccc24)-c2ccc4c5cccc6cccc(c7ccc-3c2c47)c65)cc1. The summed E-state index contributed by atoms with van der Waals surface area (Å²) in [6.07, 6.45) is 0. The second-order valence-corrected chi connectivity index (χ2v) is 34.6. The molecule has 0 fully saturated rings. The summed E-state index contributed by atoms with van der Waals surface area (Å²) in [7, 11) is 0. The normalized spacial score (nSPS) is 12.8. The monoisotopic (exact) mass is 1440 g/mol. The van der Waals surface area contributed by atoms with Crippen molar-refractivity contribution >= 4 is 118 Å². The predicted molar refractivity (Wildman–Crippen MR) is 485 cm³/mol. The quantitative estimate of drug-likeness (QED) is 0.110. The first kappa shape index (κ1) is 63.9. The zero-order valence-electron chi connectivity index (χ0n) is 64.3. The van der Waals surface area contributed by atoms with Gasteiger partial charge < -0.3 is 0 Å². The summed E-state index contributed by atoms with van der Waals surface area (Å²) in [6.45, 7) is 14.0. The molecule has 0 bridgehead atoms. The summed E-state index contributed by atoms with van der Waals surface area (Å²) in [5.74, 6) is 0. The molecule has 0 atom stereocenters. The van der Waals surface area contributed by atoms with Crippen molar-refractivity contribution in [2.45, 2.75) is 52.4 Å². The third-order valence-electron chi connectivity index (χ3n) is 26.7. The molecule has 3 aliphatic rings. The lowest BCUT2D eigenvalue weighted by Gasteiger charge is -2.22. The predicted octanol–water partition coefficient (Wildman–Crippen LogP) is 30.9. The Hall–Kier alpha value is -13.8. The lowest BCUT2D eigenvalue weighted by Crippen LogP contribution is -2.10. The molecule has 0 saturated heterocycles. The number of hydrogen-bond donors (Lipinski definition) is 0. The summed E-state index contributed by atoms with van der Waals surface area (Å²) in [5, 5.41) is 39.2. The lowest BCUT2D eigenvalue weighted by atomic mass is 9.81. The van der Waals surface area contributed by atoms with Crippen LogP contribution in [0, 0.1) is 41.7 Å². The fourth-order valence-electron chi connectivity index (χ4n) is 21.7. The highest BCUT2D eigenvalue weighted by Crippen LogP contribution is 2.61. The third-order valence-corrected chi connectivity index (χ3v) is 26.7. The van der Waals surface area contributed by atoms with Crippen LogP contribution in [0.15, 0.2) is 340 Å². The van der Waals surface area contributed by atoms with Gasteiger partial charge in [0.1, 0.15) is 0 Å². The Morgan fingerprint density at radius 1 is 0.158 bits per heavy atom. The molecule has 0 radical (unpaired) electrons. The highest BCUT2D eigenvalue weighted by Gasteiger charge is 2.34. The number of rotatable bonds is 7. The average Bonchev–Trinajstić information content (AvgIpc) is 1.50. The van der Waals surface area contributed by atoms with Gasteiger partial charge in [-0.2, -0.15) is 0 Å². The minimum Gasteiger partial charge on any atom is -0.0622 e. The van der Waals surface area contributed by atoms with Crippen molar-refractivity contribution in [2.24, 2.45) is 0 Å². The van der Waals surface area contributed by atoms with Gasteiger partial charge in [-0.05, 0) is 294 Å². The fourth-order valence-corrected chi connectivity index (χ4v) is 21.7. The van der Waals surface area contributed by atoms with Crippen LogP contribution >= 0.6 is 0 Å². The van der Waals surface area contributed by atoms with E-state index in [1.54, 1.807) is 0 Å². The first-order chi connectivity index (χ1) is 55.9. The minimum absolute atomic E-state index is 0.0207. The Morgan fingerprint density at radius 3 is 0.860 bits per heavy atom. The largest absolute Gasteiger partial charge is 0.0622 e. The molecule has 0 heterocycles. The van der Waals surface area contributed by atoms with Gasteiger partial charge in [-0.1, -0.05) is 369 Å². The Labute approximate surface area is 659 Å². The van der Waals surface area contributed by atoms with Crippen LogP contribution in [0.3, 0.4) is 0 Å². The number of fused-ring (bicyclic) bond motifs is 12. The van der Waals surface area contributed by atoms with Crippen LogP contribution in [0.25, 0.3) is 219 Å². The van der Waals surface area contributed by atoms with Crippen molar-refractivity contribution in [3.8, 4) is 100 Å². The Bertz CT molecular complexity index is 8450. The van der Waals surface area contributed by atoms with Crippen molar-refractivity contribution in [3.63, 3.8) is 0 Å². The van der Waals surface area contributed by atoms with E-state index in [0.29, 0.717) is 0 Å². The van der Waals surface area contributed by atoms with E-state index >= 15 is 0 Å². The standard InChI is InChI=1S/C114H74/c1-113(2,3)72-44-41-70(42-45-72)98-77-34-20-19-33-76(77)97(109-88-55-49-78-74-35-21-31-64-32-22-36-75(94(64)74)79-50-56-89(110(98)109)104(88)101(78)79)69-39-37-63(38-40-69)71-43-47-84-92(61-71)99(67-27-15-9-16-28-67)111-90-59-53-82-81-52-58-87-106-91(60-54-83(103(81)106)80-51-57-86(105(90)102(80)82)107(111)95(84)65-23-11-7-12-24-65)112-100(68-29-17-10-18-30-68)93-62-73(114(4,5)6)46-48-85(93)96(108(87)112)66-25-13-8-14-26-66/h7-62H,1-6H3. The molecule has 0 spiro atoms. The third kappa shape index (κ3) is 8.57. The smallest absolute Gasteiger partial charge is 0.000740 e. The Morgan fingerprint density at radius 2 is 0.447 bits per heavy atom. The molecule has 22 aromatic carbocycles. The van der Waals surface area contributed by atoms with Crippen molar-refractivity contribution in [2.75, 3.05) is 0 Å². The zero-order chi connectivity index (χ0) is 75.5. The van der Waals surface area contributed by atoms with E-state index in [1.165, 1.54) is 272 Å². The molecular formula is C114H74. The maximum atomic E-state index is 2.52. The molecule has 530 valence electrons. The second-order valence-electron chi connectivity index (χ2n) is 34.6. The zero-order valence-corrected chi connectivity index (χ0v) is 64.3. The topological polar surface area (TPSA) is 0 Å². The molecule has 0 N–H and O–H groups in total. The number of hydrogen-bond acceptors (Lipinski definition) is 0. The Kier molecular flexibility index (Phi) is 12.9. The molecule has 0 nitrogen and oxygen atoms in total. The van der Waals surface area contributed by atoms with Crippen LogP contribution in [0.1, 0.15) is 52.7 Å². The molecule has 0 aliphatic heterocycles. The van der Waals surface area contributed by atoms with Crippen LogP contribution in [-0.4, -0.2) is 0 Å². The van der Waals surface area contributed by atoms with Gasteiger partial charge in [-0.25, -0.2) is 0 Å². The van der Waals surface area contributed by atoms with Gasteiger partial charge in [0.2, 0.25) is 0 Å². The van der Waals surface area contributed by atoms with Crippen LogP contribution in [-0.2, 0) is 10.8 Å². The Balaban J connectivity index is 0.726. The summed E-state index contributed by atoms with van der Waals surface area (Å²) < 4.78 is 0. The molecule has 0 saturated carbocycles. The summed E-state index contributed by atoms with van der Waals surface area (Å²) in [5.41, 5.74) is 25.3. The van der Waals surface area contributed by atoms with E-state index in [1.807, 2.05) is 0 Å². The first-order valence-corrected chi connectivity index (χ1v) is 40.5. The maximum Gasteiger partial charge on any atom is -0.000740 e. The van der Waals surface area contributed by atoms with E-state index in [9.17, 15) is 0 Å². The molecule has 3 aliphatic carbocycles. The van der Waals surface area contributed by atoms with E-state index in [0.717, 1.165) is 0 Å². The molecule has 0 unspecified atom stereocenters. The highest BCUT2D eigenvalue weighted by atomic mass is 14.4. The van der Waals surface area contributed by atoms with E-state index in [-0.39, 0.29) is 10.8 Å². The van der Waals surface area contributed by atoms with E-state index < -0.39 is 0 Å². The van der Waals surface area contributed by atoms with E-state index in [2.05, 4.69) is 381 Å². The molecular weight excluding hydrogens is 1370 g/mol.